The van der Waals surface area contributed by atoms with Crippen molar-refractivity contribution in [2.75, 3.05) is 13.1 Å². The van der Waals surface area contributed by atoms with Crippen LogP contribution in [0.3, 0.4) is 0 Å². The largest absolute Gasteiger partial charge is 0.353 e. The maximum Gasteiger partial charge on any atom is 0.220 e. The second-order valence-corrected chi connectivity index (χ2v) is 7.94. The molecule has 28 heavy (non-hydrogen) atoms. The van der Waals surface area contributed by atoms with Gasteiger partial charge in [-0.3, -0.25) is 9.48 Å². The predicted octanol–water partition coefficient (Wildman–Crippen LogP) is 3.33. The van der Waals surface area contributed by atoms with Gasteiger partial charge in [0.05, 0.1) is 12.2 Å². The molecule has 0 bridgehead atoms. The number of hydrogen-bond donors (Lipinski definition) is 2. The van der Waals surface area contributed by atoms with E-state index in [4.69, 9.17) is 5.10 Å². The van der Waals surface area contributed by atoms with Crippen molar-refractivity contribution < 1.29 is 4.79 Å². The summed E-state index contributed by atoms with van der Waals surface area (Å²) in [6.07, 6.45) is 2.28. The lowest BCUT2D eigenvalue weighted by Gasteiger charge is -2.30. The molecule has 2 heterocycles. The van der Waals surface area contributed by atoms with E-state index < -0.39 is 0 Å². The lowest BCUT2D eigenvalue weighted by atomic mass is 9.95. The lowest BCUT2D eigenvalue weighted by Crippen LogP contribution is -2.48. The van der Waals surface area contributed by atoms with Crippen LogP contribution in [0.1, 0.15) is 47.8 Å². The fourth-order valence-corrected chi connectivity index (χ4v) is 3.86. The predicted molar refractivity (Wildman–Crippen MR) is 116 cm³/mol. The van der Waals surface area contributed by atoms with Gasteiger partial charge < -0.3 is 10.6 Å². The van der Waals surface area contributed by atoms with Crippen LogP contribution in [0.4, 0.5) is 0 Å². The molecule has 1 saturated heterocycles. The Kier molecular flexibility index (Phi) is 8.08. The van der Waals surface area contributed by atoms with Gasteiger partial charge in [-0.1, -0.05) is 36.8 Å². The zero-order chi connectivity index (χ0) is 19.4. The van der Waals surface area contributed by atoms with E-state index in [0.29, 0.717) is 18.4 Å². The fraction of sp³-hybridized carbons (Fsp3) is 0.545. The molecule has 2 unspecified atom stereocenters. The second kappa shape index (κ2) is 10.1. The van der Waals surface area contributed by atoms with Crippen molar-refractivity contribution >= 4 is 18.3 Å². The SMILES string of the molecule is Cc1ccc(Cn2nc(C)c(CCC(=O)NC3CCNCC3C)c2C)cc1.Cl. The highest BCUT2D eigenvalue weighted by Gasteiger charge is 2.22. The van der Waals surface area contributed by atoms with Gasteiger partial charge in [-0.2, -0.15) is 5.10 Å². The number of amides is 1. The molecule has 1 aliphatic rings. The van der Waals surface area contributed by atoms with Crippen molar-refractivity contribution in [1.82, 2.24) is 20.4 Å². The molecule has 0 saturated carbocycles. The first-order chi connectivity index (χ1) is 12.9. The van der Waals surface area contributed by atoms with Gasteiger partial charge in [0.25, 0.3) is 0 Å². The van der Waals surface area contributed by atoms with Crippen LogP contribution in [0, 0.1) is 26.7 Å². The highest BCUT2D eigenvalue weighted by atomic mass is 35.5. The summed E-state index contributed by atoms with van der Waals surface area (Å²) in [6, 6.07) is 8.87. The van der Waals surface area contributed by atoms with E-state index in [1.807, 2.05) is 6.92 Å². The minimum atomic E-state index is 0. The van der Waals surface area contributed by atoms with Gasteiger partial charge in [0.1, 0.15) is 0 Å². The number of carbonyl (C=O) groups excluding carboxylic acids is 1. The maximum atomic E-state index is 12.4. The van der Waals surface area contributed by atoms with Crippen LogP contribution in [0.2, 0.25) is 0 Å². The molecule has 5 nitrogen and oxygen atoms in total. The molecule has 1 aromatic carbocycles. The summed E-state index contributed by atoms with van der Waals surface area (Å²) < 4.78 is 2.06. The van der Waals surface area contributed by atoms with E-state index in [1.165, 1.54) is 16.7 Å². The number of nitrogens with zero attached hydrogens (tertiary/aromatic N) is 2. The zero-order valence-corrected chi connectivity index (χ0v) is 18.2. The van der Waals surface area contributed by atoms with Crippen LogP contribution in [-0.4, -0.2) is 34.8 Å². The molecule has 0 radical (unpaired) electrons. The summed E-state index contributed by atoms with van der Waals surface area (Å²) in [7, 11) is 0. The van der Waals surface area contributed by atoms with Gasteiger partial charge in [0, 0.05) is 18.2 Å². The minimum absolute atomic E-state index is 0. The molecular weight excluding hydrogens is 372 g/mol. The van der Waals surface area contributed by atoms with Crippen LogP contribution < -0.4 is 10.6 Å². The lowest BCUT2D eigenvalue weighted by molar-refractivity contribution is -0.122. The first-order valence-electron chi connectivity index (χ1n) is 10.0. The van der Waals surface area contributed by atoms with Gasteiger partial charge in [-0.05, 0) is 63.7 Å². The minimum Gasteiger partial charge on any atom is -0.353 e. The van der Waals surface area contributed by atoms with Gasteiger partial charge in [-0.25, -0.2) is 0 Å². The normalized spacial score (nSPS) is 19.1. The molecule has 1 aliphatic heterocycles. The van der Waals surface area contributed by atoms with Crippen molar-refractivity contribution in [3.05, 3.63) is 52.3 Å². The molecule has 154 valence electrons. The maximum absolute atomic E-state index is 12.4. The fourth-order valence-electron chi connectivity index (χ4n) is 3.86. The molecule has 3 rings (SSSR count). The monoisotopic (exact) mass is 404 g/mol. The van der Waals surface area contributed by atoms with E-state index in [-0.39, 0.29) is 18.3 Å². The van der Waals surface area contributed by atoms with Crippen molar-refractivity contribution in [2.45, 2.75) is 59.5 Å². The number of halogens is 1. The van der Waals surface area contributed by atoms with Gasteiger partial charge in [0.2, 0.25) is 5.91 Å². The van der Waals surface area contributed by atoms with Crippen molar-refractivity contribution in [1.29, 1.82) is 0 Å². The number of carbonyl (C=O) groups is 1. The molecule has 2 aromatic rings. The van der Waals surface area contributed by atoms with Crippen LogP contribution in [-0.2, 0) is 17.8 Å². The Balaban J connectivity index is 0.00000280. The van der Waals surface area contributed by atoms with Gasteiger partial charge in [0.15, 0.2) is 0 Å². The highest BCUT2D eigenvalue weighted by Crippen LogP contribution is 2.17. The smallest absolute Gasteiger partial charge is 0.220 e. The van der Waals surface area contributed by atoms with Crippen molar-refractivity contribution in [3.63, 3.8) is 0 Å². The third-order valence-corrected chi connectivity index (χ3v) is 5.72. The molecular formula is C22H33ClN4O. The molecule has 2 N–H and O–H groups in total. The average molecular weight is 405 g/mol. The summed E-state index contributed by atoms with van der Waals surface area (Å²) in [5.41, 5.74) is 5.91. The number of aromatic nitrogens is 2. The van der Waals surface area contributed by atoms with Crippen molar-refractivity contribution in [3.8, 4) is 0 Å². The van der Waals surface area contributed by atoms with Crippen LogP contribution in [0.15, 0.2) is 24.3 Å². The second-order valence-electron chi connectivity index (χ2n) is 7.94. The summed E-state index contributed by atoms with van der Waals surface area (Å²) >= 11 is 0. The van der Waals surface area contributed by atoms with E-state index >= 15 is 0 Å². The summed E-state index contributed by atoms with van der Waals surface area (Å²) in [4.78, 5) is 12.4. The summed E-state index contributed by atoms with van der Waals surface area (Å²) in [6.45, 7) is 11.2. The quantitative estimate of drug-likeness (QED) is 0.776. The summed E-state index contributed by atoms with van der Waals surface area (Å²) in [5.74, 6) is 0.641. The number of benzene rings is 1. The van der Waals surface area contributed by atoms with Crippen molar-refractivity contribution in [2.24, 2.45) is 5.92 Å². The number of hydrogen-bond acceptors (Lipinski definition) is 3. The van der Waals surface area contributed by atoms with E-state index in [0.717, 1.165) is 43.9 Å². The highest BCUT2D eigenvalue weighted by molar-refractivity contribution is 5.85. The zero-order valence-electron chi connectivity index (χ0n) is 17.4. The Bertz CT molecular complexity index is 785. The van der Waals surface area contributed by atoms with Crippen LogP contribution in [0.25, 0.3) is 0 Å². The average Bonchev–Trinajstić information content (AvgIpc) is 2.90. The first kappa shape index (κ1) is 22.4. The summed E-state index contributed by atoms with van der Waals surface area (Å²) in [5, 5.41) is 11.3. The Morgan fingerprint density at radius 1 is 1.25 bits per heavy atom. The number of aryl methyl sites for hydroxylation is 2. The number of nitrogens with one attached hydrogen (secondary N) is 2. The van der Waals surface area contributed by atoms with Crippen LogP contribution in [0.5, 0.6) is 0 Å². The van der Waals surface area contributed by atoms with Gasteiger partial charge in [-0.15, -0.1) is 12.4 Å². The molecule has 1 aromatic heterocycles. The Morgan fingerprint density at radius 2 is 1.96 bits per heavy atom. The molecule has 1 amide bonds. The van der Waals surface area contributed by atoms with Gasteiger partial charge >= 0.3 is 0 Å². The molecule has 2 atom stereocenters. The third kappa shape index (κ3) is 5.58. The number of piperidine rings is 1. The number of rotatable bonds is 6. The molecule has 0 aliphatic carbocycles. The molecule has 6 heteroatoms. The molecule has 1 fully saturated rings. The van der Waals surface area contributed by atoms with Crippen LogP contribution >= 0.6 is 12.4 Å². The Hall–Kier alpha value is -1.85. The first-order valence-corrected chi connectivity index (χ1v) is 10.0. The Labute approximate surface area is 174 Å². The topological polar surface area (TPSA) is 59.0 Å². The van der Waals surface area contributed by atoms with E-state index in [2.05, 4.69) is 60.4 Å². The van der Waals surface area contributed by atoms with E-state index in [1.54, 1.807) is 0 Å². The third-order valence-electron chi connectivity index (χ3n) is 5.72. The van der Waals surface area contributed by atoms with E-state index in [9.17, 15) is 4.79 Å². The molecule has 0 spiro atoms. The Morgan fingerprint density at radius 3 is 2.64 bits per heavy atom. The standard InChI is InChI=1S/C22H32N4O.ClH/c1-15-5-7-19(8-6-15)14-26-18(4)20(17(3)25-26)9-10-22(27)24-21-11-12-23-13-16(21)2;/h5-8,16,21,23H,9-14H2,1-4H3,(H,24,27);1H.